The summed E-state index contributed by atoms with van der Waals surface area (Å²) < 4.78 is 1.48. The van der Waals surface area contributed by atoms with Gasteiger partial charge in [0.15, 0.2) is 5.78 Å². The first-order valence-corrected chi connectivity index (χ1v) is 5.01. The third kappa shape index (κ3) is 2.49. The van der Waals surface area contributed by atoms with Crippen LogP contribution >= 0.6 is 0 Å². The second-order valence-electron chi connectivity index (χ2n) is 3.55. The van der Waals surface area contributed by atoms with Crippen molar-refractivity contribution in [2.24, 2.45) is 0 Å². The number of hydrogen-bond donors (Lipinski definition) is 1. The molecule has 2 rings (SSSR count). The van der Waals surface area contributed by atoms with E-state index in [4.69, 9.17) is 11.0 Å². The van der Waals surface area contributed by atoms with Gasteiger partial charge in [0.25, 0.3) is 0 Å². The van der Waals surface area contributed by atoms with Crippen LogP contribution in [0.4, 0.5) is 5.82 Å². The van der Waals surface area contributed by atoms with Gasteiger partial charge in [-0.25, -0.2) is 0 Å². The SMILES string of the molecule is N#Cc1ccc(C(=O)Cn2ccc(N)n2)cc1. The Labute approximate surface area is 98.1 Å². The second kappa shape index (κ2) is 4.49. The smallest absolute Gasteiger partial charge is 0.184 e. The van der Waals surface area contributed by atoms with Crippen molar-refractivity contribution in [2.45, 2.75) is 6.54 Å². The van der Waals surface area contributed by atoms with Crippen LogP contribution in [0.3, 0.4) is 0 Å². The molecule has 0 fully saturated rings. The van der Waals surface area contributed by atoms with Crippen molar-refractivity contribution in [3.05, 3.63) is 47.7 Å². The Hall–Kier alpha value is -2.61. The molecular formula is C12H10N4O. The maximum absolute atomic E-state index is 11.8. The minimum absolute atomic E-state index is 0.0717. The van der Waals surface area contributed by atoms with E-state index in [1.807, 2.05) is 6.07 Å². The topological polar surface area (TPSA) is 84.7 Å². The molecule has 0 saturated heterocycles. The predicted molar refractivity (Wildman–Crippen MR) is 62.1 cm³/mol. The van der Waals surface area contributed by atoms with E-state index < -0.39 is 0 Å². The number of ketones is 1. The van der Waals surface area contributed by atoms with Crippen molar-refractivity contribution in [3.8, 4) is 6.07 Å². The number of rotatable bonds is 3. The fourth-order valence-electron chi connectivity index (χ4n) is 1.43. The molecule has 1 aromatic heterocycles. The number of carbonyl (C=O) groups excluding carboxylic acids is 1. The molecule has 0 atom stereocenters. The minimum atomic E-state index is -0.0717. The van der Waals surface area contributed by atoms with E-state index in [-0.39, 0.29) is 12.3 Å². The monoisotopic (exact) mass is 226 g/mol. The summed E-state index contributed by atoms with van der Waals surface area (Å²) in [5.41, 5.74) is 6.54. The van der Waals surface area contributed by atoms with E-state index in [2.05, 4.69) is 5.10 Å². The van der Waals surface area contributed by atoms with Crippen molar-refractivity contribution in [1.82, 2.24) is 9.78 Å². The molecule has 0 unspecified atom stereocenters. The lowest BCUT2D eigenvalue weighted by atomic mass is 10.1. The van der Waals surface area contributed by atoms with E-state index in [9.17, 15) is 4.79 Å². The van der Waals surface area contributed by atoms with Crippen LogP contribution < -0.4 is 5.73 Å². The Morgan fingerprint density at radius 3 is 2.59 bits per heavy atom. The Bertz CT molecular complexity index is 577. The summed E-state index contributed by atoms with van der Waals surface area (Å²) >= 11 is 0. The van der Waals surface area contributed by atoms with Crippen LogP contribution in [0, 0.1) is 11.3 Å². The van der Waals surface area contributed by atoms with Gasteiger partial charge >= 0.3 is 0 Å². The third-order valence-electron chi connectivity index (χ3n) is 2.30. The van der Waals surface area contributed by atoms with Crippen LogP contribution in [0.1, 0.15) is 15.9 Å². The molecule has 0 aliphatic rings. The van der Waals surface area contributed by atoms with Gasteiger partial charge in [0, 0.05) is 11.8 Å². The maximum atomic E-state index is 11.8. The van der Waals surface area contributed by atoms with Gasteiger partial charge in [0.1, 0.15) is 12.4 Å². The fraction of sp³-hybridized carbons (Fsp3) is 0.0833. The highest BCUT2D eigenvalue weighted by Crippen LogP contribution is 2.06. The number of Topliss-reactive ketones (excluding diaryl/α,β-unsaturated/α-hetero) is 1. The van der Waals surface area contributed by atoms with E-state index in [1.54, 1.807) is 36.5 Å². The molecule has 1 heterocycles. The lowest BCUT2D eigenvalue weighted by Crippen LogP contribution is -2.11. The van der Waals surface area contributed by atoms with Crippen molar-refractivity contribution in [2.75, 3.05) is 5.73 Å². The molecule has 5 heteroatoms. The third-order valence-corrected chi connectivity index (χ3v) is 2.30. The summed E-state index contributed by atoms with van der Waals surface area (Å²) in [6.07, 6.45) is 1.65. The van der Waals surface area contributed by atoms with Crippen LogP contribution in [0.2, 0.25) is 0 Å². The molecule has 2 N–H and O–H groups in total. The molecule has 0 spiro atoms. The van der Waals surface area contributed by atoms with Crippen LogP contribution in [-0.4, -0.2) is 15.6 Å². The molecular weight excluding hydrogens is 216 g/mol. The molecule has 0 aliphatic carbocycles. The first kappa shape index (κ1) is 10.9. The normalized spacial score (nSPS) is 9.82. The number of anilines is 1. The Kier molecular flexibility index (Phi) is 2.88. The summed E-state index contributed by atoms with van der Waals surface area (Å²) in [5.74, 6) is 0.315. The van der Waals surface area contributed by atoms with Gasteiger partial charge < -0.3 is 5.73 Å². The highest BCUT2D eigenvalue weighted by atomic mass is 16.1. The first-order valence-electron chi connectivity index (χ1n) is 5.01. The van der Waals surface area contributed by atoms with Crippen LogP contribution in [-0.2, 0) is 6.54 Å². The number of nitrogen functional groups attached to an aromatic ring is 1. The number of aromatic nitrogens is 2. The zero-order chi connectivity index (χ0) is 12.3. The van der Waals surface area contributed by atoms with E-state index in [0.29, 0.717) is 16.9 Å². The van der Waals surface area contributed by atoms with Crippen molar-refractivity contribution in [3.63, 3.8) is 0 Å². The van der Waals surface area contributed by atoms with Gasteiger partial charge in [0.05, 0.1) is 11.6 Å². The number of nitriles is 1. The Morgan fingerprint density at radius 2 is 2.06 bits per heavy atom. The van der Waals surface area contributed by atoms with E-state index in [1.165, 1.54) is 4.68 Å². The quantitative estimate of drug-likeness (QED) is 0.797. The average Bonchev–Trinajstić information content (AvgIpc) is 2.75. The lowest BCUT2D eigenvalue weighted by Gasteiger charge is -2.01. The summed E-state index contributed by atoms with van der Waals surface area (Å²) in [4.78, 5) is 11.8. The fourth-order valence-corrected chi connectivity index (χ4v) is 1.43. The Morgan fingerprint density at radius 1 is 1.35 bits per heavy atom. The average molecular weight is 226 g/mol. The van der Waals surface area contributed by atoms with E-state index in [0.717, 1.165) is 0 Å². The van der Waals surface area contributed by atoms with Gasteiger partial charge in [-0.15, -0.1) is 0 Å². The lowest BCUT2D eigenvalue weighted by molar-refractivity contribution is 0.0968. The predicted octanol–water partition coefficient (Wildman–Crippen LogP) is 1.22. The summed E-state index contributed by atoms with van der Waals surface area (Å²) in [7, 11) is 0. The van der Waals surface area contributed by atoms with Crippen LogP contribution in [0.15, 0.2) is 36.5 Å². The van der Waals surface area contributed by atoms with Crippen molar-refractivity contribution < 1.29 is 4.79 Å². The molecule has 84 valence electrons. The standard InChI is InChI=1S/C12H10N4O/c13-7-9-1-3-10(4-2-9)11(17)8-16-6-5-12(14)15-16/h1-6H,8H2,(H2,14,15). The van der Waals surface area contributed by atoms with Gasteiger partial charge in [-0.05, 0) is 18.2 Å². The highest BCUT2D eigenvalue weighted by Gasteiger charge is 2.07. The molecule has 0 bridgehead atoms. The van der Waals surface area contributed by atoms with Gasteiger partial charge in [-0.1, -0.05) is 12.1 Å². The maximum Gasteiger partial charge on any atom is 0.184 e. The minimum Gasteiger partial charge on any atom is -0.382 e. The molecule has 2 aromatic rings. The molecule has 0 aliphatic heterocycles. The Balaban J connectivity index is 2.12. The first-order chi connectivity index (χ1) is 8.19. The summed E-state index contributed by atoms with van der Waals surface area (Å²) in [5, 5.41) is 12.6. The summed E-state index contributed by atoms with van der Waals surface area (Å²) in [6.45, 7) is 0.142. The van der Waals surface area contributed by atoms with Crippen molar-refractivity contribution in [1.29, 1.82) is 5.26 Å². The van der Waals surface area contributed by atoms with Crippen LogP contribution in [0.25, 0.3) is 0 Å². The molecule has 17 heavy (non-hydrogen) atoms. The molecule has 5 nitrogen and oxygen atoms in total. The zero-order valence-electron chi connectivity index (χ0n) is 9.00. The number of nitrogens with two attached hydrogens (primary N) is 1. The molecule has 0 saturated carbocycles. The second-order valence-corrected chi connectivity index (χ2v) is 3.55. The van der Waals surface area contributed by atoms with Gasteiger partial charge in [-0.2, -0.15) is 10.4 Å². The molecule has 1 aromatic carbocycles. The van der Waals surface area contributed by atoms with Crippen molar-refractivity contribution >= 4 is 11.6 Å². The largest absolute Gasteiger partial charge is 0.382 e. The number of carbonyl (C=O) groups is 1. The summed E-state index contributed by atoms with van der Waals surface area (Å²) in [6, 6.07) is 10.1. The van der Waals surface area contributed by atoms with E-state index >= 15 is 0 Å². The molecule has 0 radical (unpaired) electrons. The van der Waals surface area contributed by atoms with Gasteiger partial charge in [-0.3, -0.25) is 9.48 Å². The number of benzene rings is 1. The zero-order valence-corrected chi connectivity index (χ0v) is 9.00. The van der Waals surface area contributed by atoms with Gasteiger partial charge in [0.2, 0.25) is 0 Å². The van der Waals surface area contributed by atoms with Crippen LogP contribution in [0.5, 0.6) is 0 Å². The number of nitrogens with zero attached hydrogens (tertiary/aromatic N) is 3. The highest BCUT2D eigenvalue weighted by molar-refractivity contribution is 5.95. The number of hydrogen-bond acceptors (Lipinski definition) is 4. The molecule has 0 amide bonds.